The van der Waals surface area contributed by atoms with Crippen LogP contribution in [0.1, 0.15) is 0 Å². The summed E-state index contributed by atoms with van der Waals surface area (Å²) in [4.78, 5) is 9.49. The standard InChI is InChI=1S/C4H4N4/c5-2-1-3-7-4(6-2)8-3/h1H,(H3,5,6,7,8). The number of nitrogens with one attached hydrogen (secondary N) is 3. The van der Waals surface area contributed by atoms with E-state index >= 15 is 0 Å². The average molecular weight is 108 g/mol. The molecule has 3 N–H and O–H groups in total. The summed E-state index contributed by atoms with van der Waals surface area (Å²) in [6, 6.07) is 1.63. The van der Waals surface area contributed by atoms with E-state index in [1.807, 2.05) is 0 Å². The molecule has 0 amide bonds. The van der Waals surface area contributed by atoms with E-state index in [2.05, 4.69) is 15.0 Å². The maximum Gasteiger partial charge on any atom is 0.209 e. The Morgan fingerprint density at radius 1 is 1.50 bits per heavy atom. The molecule has 0 aliphatic heterocycles. The quantitative estimate of drug-likeness (QED) is 0.430. The highest BCUT2D eigenvalue weighted by molar-refractivity contribution is 5.50. The van der Waals surface area contributed by atoms with Crippen molar-refractivity contribution in [2.45, 2.75) is 0 Å². The number of fused-ring (bicyclic) bond motifs is 2. The Hall–Kier alpha value is -1.32. The lowest BCUT2D eigenvalue weighted by Gasteiger charge is -1.99. The molecular weight excluding hydrogens is 104 g/mol. The molecule has 40 valence electrons. The molecule has 0 fully saturated rings. The Morgan fingerprint density at radius 3 is 2.50 bits per heavy atom. The molecule has 3 aromatic rings. The molecule has 0 aliphatic carbocycles. The van der Waals surface area contributed by atoms with Crippen LogP contribution in [0.2, 0.25) is 0 Å². The van der Waals surface area contributed by atoms with Gasteiger partial charge in [0.15, 0.2) is 5.49 Å². The lowest BCUT2D eigenvalue weighted by Crippen LogP contribution is -2.11. The summed E-state index contributed by atoms with van der Waals surface area (Å²) in [5.41, 5.74) is 1.19. The second-order valence-corrected chi connectivity index (χ2v) is 1.65. The van der Waals surface area contributed by atoms with Crippen molar-refractivity contribution in [1.82, 2.24) is 15.0 Å². The number of H-pyrrole nitrogens is 2. The summed E-state index contributed by atoms with van der Waals surface area (Å²) in [5.74, 6) is 0.688. The number of hydrogen-bond acceptors (Lipinski definition) is 2. The highest BCUT2D eigenvalue weighted by Gasteiger charge is 1.93. The van der Waals surface area contributed by atoms with Gasteiger partial charge in [-0.05, 0) is 0 Å². The van der Waals surface area contributed by atoms with Crippen LogP contribution in [0.3, 0.4) is 0 Å². The van der Waals surface area contributed by atoms with Gasteiger partial charge in [-0.15, -0.1) is 0 Å². The first kappa shape index (κ1) is 3.65. The molecule has 0 unspecified atom stereocenters. The molecule has 8 heavy (non-hydrogen) atoms. The minimum Gasteiger partial charge on any atom is -0.312 e. The highest BCUT2D eigenvalue weighted by Crippen LogP contribution is 1.94. The molecule has 0 saturated carbocycles. The highest BCUT2D eigenvalue weighted by atomic mass is 15.1. The van der Waals surface area contributed by atoms with Crippen LogP contribution in [0.15, 0.2) is 6.07 Å². The molecule has 3 rings (SSSR count). The summed E-state index contributed by atoms with van der Waals surface area (Å²) in [7, 11) is 0. The summed E-state index contributed by atoms with van der Waals surface area (Å²) in [5, 5.41) is 7.01. The van der Waals surface area contributed by atoms with Gasteiger partial charge in [0.05, 0.1) is 0 Å². The van der Waals surface area contributed by atoms with E-state index in [-0.39, 0.29) is 0 Å². The Labute approximate surface area is 44.4 Å². The molecule has 0 spiro atoms. The first-order valence-corrected chi connectivity index (χ1v) is 2.27. The molecule has 0 aromatic carbocycles. The van der Waals surface area contributed by atoms with Crippen molar-refractivity contribution in [3.8, 4) is 0 Å². The number of aromatic nitrogens is 3. The molecule has 2 bridgehead atoms. The molecular formula is C4H4N4. The van der Waals surface area contributed by atoms with E-state index in [0.717, 1.165) is 5.65 Å². The largest absolute Gasteiger partial charge is 0.312 e. The third-order valence-corrected chi connectivity index (χ3v) is 1.02. The molecule has 4 heteroatoms. The maximum atomic E-state index is 7.01. The van der Waals surface area contributed by atoms with E-state index in [4.69, 9.17) is 5.41 Å². The van der Waals surface area contributed by atoms with E-state index in [9.17, 15) is 0 Å². The molecule has 4 nitrogen and oxygen atoms in total. The van der Waals surface area contributed by atoms with Crippen LogP contribution in [-0.2, 0) is 0 Å². The maximum absolute atomic E-state index is 7.01. The zero-order valence-electron chi connectivity index (χ0n) is 4.02. The SMILES string of the molecule is N=c1cc2[nH]c(n1)[nH]2. The Kier molecular flexibility index (Phi) is 0.417. The molecule has 0 aliphatic rings. The van der Waals surface area contributed by atoms with E-state index in [1.54, 1.807) is 6.07 Å². The first-order valence-electron chi connectivity index (χ1n) is 2.27. The Morgan fingerprint density at radius 2 is 2.25 bits per heavy atom. The van der Waals surface area contributed by atoms with Gasteiger partial charge in [-0.25, -0.2) is 0 Å². The fraction of sp³-hybridized carbons (Fsp3) is 0. The summed E-state index contributed by atoms with van der Waals surface area (Å²) in [6.07, 6.45) is 0. The predicted molar refractivity (Wildman–Crippen MR) is 27.5 cm³/mol. The van der Waals surface area contributed by atoms with Gasteiger partial charge in [0.1, 0.15) is 5.65 Å². The van der Waals surface area contributed by atoms with E-state index < -0.39 is 0 Å². The number of hydrogen-bond donors (Lipinski definition) is 3. The molecule has 3 heterocycles. The molecule has 0 atom stereocenters. The summed E-state index contributed by atoms with van der Waals surface area (Å²) < 4.78 is 0. The zero-order chi connectivity index (χ0) is 5.56. The zero-order valence-corrected chi connectivity index (χ0v) is 4.02. The van der Waals surface area contributed by atoms with Gasteiger partial charge in [-0.1, -0.05) is 0 Å². The lowest BCUT2D eigenvalue weighted by molar-refractivity contribution is 1.02. The van der Waals surface area contributed by atoms with Crippen LogP contribution in [0.5, 0.6) is 0 Å². The van der Waals surface area contributed by atoms with Crippen LogP contribution in [-0.4, -0.2) is 15.0 Å². The van der Waals surface area contributed by atoms with Gasteiger partial charge in [0.25, 0.3) is 0 Å². The van der Waals surface area contributed by atoms with Gasteiger partial charge in [-0.2, -0.15) is 4.98 Å². The minimum absolute atomic E-state index is 0.313. The van der Waals surface area contributed by atoms with Gasteiger partial charge in [-0.3, -0.25) is 5.41 Å². The third kappa shape index (κ3) is 0.294. The van der Waals surface area contributed by atoms with Gasteiger partial charge in [0, 0.05) is 6.07 Å². The van der Waals surface area contributed by atoms with Gasteiger partial charge in [0.2, 0.25) is 5.78 Å². The fourth-order valence-corrected chi connectivity index (χ4v) is 0.673. The van der Waals surface area contributed by atoms with Crippen molar-refractivity contribution in [2.24, 2.45) is 0 Å². The van der Waals surface area contributed by atoms with Gasteiger partial charge < -0.3 is 9.97 Å². The molecule has 0 saturated heterocycles. The van der Waals surface area contributed by atoms with Crippen molar-refractivity contribution < 1.29 is 0 Å². The van der Waals surface area contributed by atoms with Crippen LogP contribution in [0.4, 0.5) is 0 Å². The summed E-state index contributed by atoms with van der Waals surface area (Å²) >= 11 is 0. The molecule has 3 aromatic heterocycles. The average Bonchev–Trinajstić information content (AvgIpc) is 1.62. The van der Waals surface area contributed by atoms with Crippen molar-refractivity contribution >= 4 is 11.4 Å². The van der Waals surface area contributed by atoms with Crippen LogP contribution in [0, 0.1) is 5.41 Å². The second kappa shape index (κ2) is 0.912. The normalized spacial score (nSPS) is 11.0. The van der Waals surface area contributed by atoms with E-state index in [0.29, 0.717) is 11.3 Å². The minimum atomic E-state index is 0.313. The third-order valence-electron chi connectivity index (χ3n) is 1.02. The molecule has 0 radical (unpaired) electrons. The predicted octanol–water partition coefficient (Wildman–Crippen LogP) is -0.192. The number of rotatable bonds is 0. The lowest BCUT2D eigenvalue weighted by atomic mass is 10.5. The Balaban J connectivity index is 3.03. The van der Waals surface area contributed by atoms with Gasteiger partial charge >= 0.3 is 0 Å². The van der Waals surface area contributed by atoms with Crippen molar-refractivity contribution in [3.05, 3.63) is 11.6 Å². The van der Waals surface area contributed by atoms with Crippen molar-refractivity contribution in [1.29, 1.82) is 5.41 Å². The first-order chi connectivity index (χ1) is 3.84. The topological polar surface area (TPSA) is 68.3 Å². The second-order valence-electron chi connectivity index (χ2n) is 1.65. The Bertz CT molecular complexity index is 288. The summed E-state index contributed by atoms with van der Waals surface area (Å²) in [6.45, 7) is 0. The fourth-order valence-electron chi connectivity index (χ4n) is 0.673. The monoisotopic (exact) mass is 108 g/mol. The van der Waals surface area contributed by atoms with Crippen LogP contribution < -0.4 is 5.49 Å². The number of nitrogens with zero attached hydrogens (tertiary/aromatic N) is 1. The van der Waals surface area contributed by atoms with Crippen molar-refractivity contribution in [3.63, 3.8) is 0 Å². The van der Waals surface area contributed by atoms with E-state index in [1.165, 1.54) is 0 Å². The number of aromatic amines is 2. The van der Waals surface area contributed by atoms with Crippen LogP contribution >= 0.6 is 0 Å². The smallest absolute Gasteiger partial charge is 0.209 e. The van der Waals surface area contributed by atoms with Crippen molar-refractivity contribution in [2.75, 3.05) is 0 Å². The van der Waals surface area contributed by atoms with Crippen LogP contribution in [0.25, 0.3) is 11.4 Å².